The lowest BCUT2D eigenvalue weighted by Gasteiger charge is -2.34. The van der Waals surface area contributed by atoms with Crippen LogP contribution in [0.4, 0.5) is 4.79 Å². The molecule has 188 valence electrons. The number of hydrogen-bond acceptors (Lipinski definition) is 4. The van der Waals surface area contributed by atoms with Gasteiger partial charge in [0.1, 0.15) is 0 Å². The highest BCUT2D eigenvalue weighted by Crippen LogP contribution is 2.47. The molecule has 1 aliphatic carbocycles. The summed E-state index contributed by atoms with van der Waals surface area (Å²) in [5.41, 5.74) is 0.708. The van der Waals surface area contributed by atoms with Crippen molar-refractivity contribution in [2.24, 2.45) is 11.3 Å². The molecule has 2 aliphatic heterocycles. The maximum Gasteiger partial charge on any atom is 0.410 e. The van der Waals surface area contributed by atoms with Crippen LogP contribution in [0, 0.1) is 23.7 Å². The van der Waals surface area contributed by atoms with Gasteiger partial charge >= 0.3 is 6.09 Å². The van der Waals surface area contributed by atoms with Crippen molar-refractivity contribution in [1.82, 2.24) is 14.7 Å². The van der Waals surface area contributed by atoms with Crippen molar-refractivity contribution in [2.75, 3.05) is 39.8 Å². The molecule has 9 heteroatoms. The fraction of sp³-hybridized carbons (Fsp3) is 0.577. The Morgan fingerprint density at radius 3 is 2.43 bits per heavy atom. The first-order valence-corrected chi connectivity index (χ1v) is 12.8. The minimum Gasteiger partial charge on any atom is -0.436 e. The van der Waals surface area contributed by atoms with Gasteiger partial charge in [-0.1, -0.05) is 42.1 Å². The van der Waals surface area contributed by atoms with E-state index in [0.717, 1.165) is 18.4 Å². The molecule has 0 spiro atoms. The Morgan fingerprint density at radius 2 is 1.83 bits per heavy atom. The summed E-state index contributed by atoms with van der Waals surface area (Å²) in [5.74, 6) is 2.28. The van der Waals surface area contributed by atoms with Gasteiger partial charge in [0.05, 0.1) is 16.1 Å². The van der Waals surface area contributed by atoms with Crippen molar-refractivity contribution in [3.05, 3.63) is 33.8 Å². The zero-order valence-corrected chi connectivity index (χ0v) is 21.6. The van der Waals surface area contributed by atoms with E-state index in [-0.39, 0.29) is 41.7 Å². The molecule has 35 heavy (non-hydrogen) atoms. The Hall–Kier alpha value is -2.43. The summed E-state index contributed by atoms with van der Waals surface area (Å²) in [6, 6.07) is 5.09. The molecule has 0 unspecified atom stereocenters. The standard InChI is InChI=1S/C26H31Cl2N3O4/c1-4-13-35-25(34)29(3)22-16-31(15-19(22)18-5-6-20(27)21(28)14-18)23(32)17-7-11-30(12-8-17)24(33)26(2)9-10-26/h1,5-6,14,17,19,22H,7-13,15-16H2,2-3H3/t19-,22+/m1/s1. The maximum absolute atomic E-state index is 13.5. The number of ether oxygens (including phenoxy) is 1. The van der Waals surface area contributed by atoms with E-state index in [1.54, 1.807) is 19.2 Å². The van der Waals surface area contributed by atoms with Gasteiger partial charge in [0, 0.05) is 50.5 Å². The molecule has 4 rings (SSSR count). The number of nitrogens with zero attached hydrogens (tertiary/aromatic N) is 3. The first-order chi connectivity index (χ1) is 16.6. The third kappa shape index (κ3) is 5.39. The van der Waals surface area contributed by atoms with Gasteiger partial charge in [-0.2, -0.15) is 0 Å². The van der Waals surface area contributed by atoms with Crippen LogP contribution >= 0.6 is 23.2 Å². The Kier molecular flexibility index (Phi) is 7.54. The minimum absolute atomic E-state index is 0.0627. The molecule has 2 heterocycles. The number of hydrogen-bond donors (Lipinski definition) is 0. The molecule has 2 atom stereocenters. The third-order valence-electron chi connectivity index (χ3n) is 7.68. The highest BCUT2D eigenvalue weighted by Gasteiger charge is 2.48. The van der Waals surface area contributed by atoms with Gasteiger partial charge < -0.3 is 19.4 Å². The molecule has 3 fully saturated rings. The highest BCUT2D eigenvalue weighted by atomic mass is 35.5. The molecule has 7 nitrogen and oxygen atoms in total. The average molecular weight is 520 g/mol. The van der Waals surface area contributed by atoms with Gasteiger partial charge in [-0.05, 0) is 43.4 Å². The molecule has 2 saturated heterocycles. The molecule has 0 aromatic heterocycles. The number of piperidine rings is 1. The Labute approximate surface area is 216 Å². The van der Waals surface area contributed by atoms with E-state index in [9.17, 15) is 14.4 Å². The number of carbonyl (C=O) groups excluding carboxylic acids is 3. The van der Waals surface area contributed by atoms with Crippen LogP contribution in [0.5, 0.6) is 0 Å². The van der Waals surface area contributed by atoms with E-state index in [2.05, 4.69) is 5.92 Å². The molecular weight excluding hydrogens is 489 g/mol. The molecule has 0 N–H and O–H groups in total. The number of benzene rings is 1. The number of carbonyl (C=O) groups is 3. The summed E-state index contributed by atoms with van der Waals surface area (Å²) in [6.07, 6.45) is 7.90. The SMILES string of the molecule is C#CCOC(=O)N(C)[C@H]1CN(C(=O)C2CCN(C(=O)C3(C)CC3)CC2)C[C@@H]1c1ccc(Cl)c(Cl)c1. The van der Waals surface area contributed by atoms with Gasteiger partial charge in [-0.15, -0.1) is 6.42 Å². The second kappa shape index (κ2) is 10.3. The van der Waals surface area contributed by atoms with Crippen molar-refractivity contribution in [3.8, 4) is 12.3 Å². The number of terminal acetylenes is 1. The van der Waals surface area contributed by atoms with E-state index < -0.39 is 6.09 Å². The Bertz CT molecular complexity index is 1040. The number of rotatable bonds is 5. The molecular formula is C26H31Cl2N3O4. The Balaban J connectivity index is 1.46. The van der Waals surface area contributed by atoms with Crippen molar-refractivity contribution in [1.29, 1.82) is 0 Å². The van der Waals surface area contributed by atoms with Gasteiger partial charge in [0.15, 0.2) is 6.61 Å². The molecule has 1 saturated carbocycles. The quantitative estimate of drug-likeness (QED) is 0.550. The van der Waals surface area contributed by atoms with Crippen LogP contribution in [-0.2, 0) is 14.3 Å². The summed E-state index contributed by atoms with van der Waals surface area (Å²) in [4.78, 5) is 44.0. The van der Waals surface area contributed by atoms with E-state index >= 15 is 0 Å². The summed E-state index contributed by atoms with van der Waals surface area (Å²) in [7, 11) is 1.66. The second-order valence-corrected chi connectivity index (χ2v) is 10.9. The summed E-state index contributed by atoms with van der Waals surface area (Å²) in [6.45, 7) is 3.94. The highest BCUT2D eigenvalue weighted by molar-refractivity contribution is 6.42. The number of amides is 3. The van der Waals surface area contributed by atoms with Gasteiger partial charge in [0.2, 0.25) is 11.8 Å². The van der Waals surface area contributed by atoms with Crippen molar-refractivity contribution < 1.29 is 19.1 Å². The van der Waals surface area contributed by atoms with Crippen molar-refractivity contribution in [3.63, 3.8) is 0 Å². The first-order valence-electron chi connectivity index (χ1n) is 12.0. The van der Waals surface area contributed by atoms with Crippen LogP contribution in [0.2, 0.25) is 10.0 Å². The van der Waals surface area contributed by atoms with Crippen molar-refractivity contribution in [2.45, 2.75) is 44.6 Å². The minimum atomic E-state index is -0.535. The van der Waals surface area contributed by atoms with Crippen molar-refractivity contribution >= 4 is 41.1 Å². The predicted molar refractivity (Wildman–Crippen MR) is 134 cm³/mol. The molecule has 3 amide bonds. The summed E-state index contributed by atoms with van der Waals surface area (Å²) < 4.78 is 5.13. The lowest BCUT2D eigenvalue weighted by molar-refractivity contribution is -0.142. The smallest absolute Gasteiger partial charge is 0.410 e. The fourth-order valence-corrected chi connectivity index (χ4v) is 5.45. The third-order valence-corrected chi connectivity index (χ3v) is 8.42. The zero-order valence-electron chi connectivity index (χ0n) is 20.1. The molecule has 0 bridgehead atoms. The van der Waals surface area contributed by atoms with E-state index in [0.29, 0.717) is 49.1 Å². The predicted octanol–water partition coefficient (Wildman–Crippen LogP) is 4.03. The lowest BCUT2D eigenvalue weighted by Crippen LogP contribution is -2.46. The lowest BCUT2D eigenvalue weighted by atomic mass is 9.93. The van der Waals surface area contributed by atoms with Gasteiger partial charge in [-0.3, -0.25) is 9.59 Å². The van der Waals surface area contributed by atoms with Crippen LogP contribution in [0.15, 0.2) is 18.2 Å². The number of likely N-dealkylation sites (tertiary alicyclic amines) is 2. The van der Waals surface area contributed by atoms with Crippen LogP contribution in [0.1, 0.15) is 44.1 Å². The molecule has 0 radical (unpaired) electrons. The summed E-state index contributed by atoms with van der Waals surface area (Å²) >= 11 is 12.4. The second-order valence-electron chi connectivity index (χ2n) is 10.1. The van der Waals surface area contributed by atoms with E-state index in [1.165, 1.54) is 4.90 Å². The summed E-state index contributed by atoms with van der Waals surface area (Å²) in [5, 5.41) is 0.868. The topological polar surface area (TPSA) is 70.2 Å². The molecule has 1 aromatic rings. The van der Waals surface area contributed by atoms with Crippen LogP contribution < -0.4 is 0 Å². The first kappa shape index (κ1) is 25.7. The molecule has 1 aromatic carbocycles. The maximum atomic E-state index is 13.5. The normalized spacial score (nSPS) is 23.5. The monoisotopic (exact) mass is 519 g/mol. The van der Waals surface area contributed by atoms with Crippen LogP contribution in [0.25, 0.3) is 0 Å². The molecule has 3 aliphatic rings. The average Bonchev–Trinajstić information content (AvgIpc) is 3.46. The van der Waals surface area contributed by atoms with Gasteiger partial charge in [-0.25, -0.2) is 4.79 Å². The van der Waals surface area contributed by atoms with E-state index in [4.69, 9.17) is 34.4 Å². The zero-order chi connectivity index (χ0) is 25.3. The fourth-order valence-electron chi connectivity index (χ4n) is 5.14. The largest absolute Gasteiger partial charge is 0.436 e. The van der Waals surface area contributed by atoms with E-state index in [1.807, 2.05) is 22.8 Å². The number of likely N-dealkylation sites (N-methyl/N-ethyl adjacent to an activating group) is 1. The van der Waals surface area contributed by atoms with Gasteiger partial charge in [0.25, 0.3) is 0 Å². The van der Waals surface area contributed by atoms with Crippen LogP contribution in [0.3, 0.4) is 0 Å². The number of halogens is 2. The Morgan fingerprint density at radius 1 is 1.14 bits per heavy atom. The van der Waals surface area contributed by atoms with Crippen LogP contribution in [-0.4, -0.2) is 78.5 Å².